The van der Waals surface area contributed by atoms with E-state index < -0.39 is 0 Å². The molecule has 29 heavy (non-hydrogen) atoms. The fraction of sp³-hybridized carbons (Fsp3) is 0.0385. The normalized spacial score (nSPS) is 12.0. The Balaban J connectivity index is 1.56. The molecule has 5 rings (SSSR count). The summed E-state index contributed by atoms with van der Waals surface area (Å²) in [4.78, 5) is 4.68. The molecule has 2 aromatic heterocycles. The van der Waals surface area contributed by atoms with Crippen molar-refractivity contribution in [2.45, 2.75) is 6.92 Å². The molecule has 0 unspecified atom stereocenters. The third-order valence-electron chi connectivity index (χ3n) is 4.96. The number of aryl methyl sites for hydroxylation is 1. The Hall–Kier alpha value is -3.85. The monoisotopic (exact) mass is 377 g/mol. The average molecular weight is 377 g/mol. The summed E-state index contributed by atoms with van der Waals surface area (Å²) in [6.07, 6.45) is 1.86. The van der Waals surface area contributed by atoms with E-state index in [1.807, 2.05) is 54.6 Å². The van der Waals surface area contributed by atoms with Crippen LogP contribution in [0, 0.1) is 6.92 Å². The number of aromatic nitrogens is 1. The highest BCUT2D eigenvalue weighted by atomic mass is 16.3. The van der Waals surface area contributed by atoms with Crippen LogP contribution in [0.15, 0.2) is 87.7 Å². The van der Waals surface area contributed by atoms with Crippen molar-refractivity contribution >= 4 is 23.4 Å². The Labute approximate surface area is 168 Å². The molecule has 0 saturated heterocycles. The molecule has 3 heteroatoms. The number of hydrogen-bond acceptors (Lipinski definition) is 3. The lowest BCUT2D eigenvalue weighted by Crippen LogP contribution is -2.20. The summed E-state index contributed by atoms with van der Waals surface area (Å²) in [5, 5.41) is 2.91. The zero-order valence-electron chi connectivity index (χ0n) is 16.1. The molecule has 0 fully saturated rings. The van der Waals surface area contributed by atoms with Crippen molar-refractivity contribution in [2.24, 2.45) is 0 Å². The lowest BCUT2D eigenvalue weighted by molar-refractivity contribution is 0.542. The highest BCUT2D eigenvalue weighted by Gasteiger charge is 2.10. The van der Waals surface area contributed by atoms with Crippen LogP contribution < -0.4 is 10.8 Å². The van der Waals surface area contributed by atoms with Gasteiger partial charge in [0.25, 0.3) is 0 Å². The van der Waals surface area contributed by atoms with Crippen LogP contribution in [0.3, 0.4) is 0 Å². The fourth-order valence-electron chi connectivity index (χ4n) is 3.52. The lowest BCUT2D eigenvalue weighted by Gasteiger charge is -2.01. The van der Waals surface area contributed by atoms with Crippen molar-refractivity contribution in [3.8, 4) is 22.8 Å². The van der Waals surface area contributed by atoms with Crippen molar-refractivity contribution in [3.63, 3.8) is 0 Å². The van der Waals surface area contributed by atoms with Gasteiger partial charge in [0.1, 0.15) is 22.3 Å². The minimum absolute atomic E-state index is 0.515. The molecule has 0 radical (unpaired) electrons. The summed E-state index contributed by atoms with van der Waals surface area (Å²) >= 11 is 0. The molecule has 0 amide bonds. The highest BCUT2D eigenvalue weighted by molar-refractivity contribution is 5.94. The molecule has 0 spiro atoms. The van der Waals surface area contributed by atoms with Crippen LogP contribution in [0.2, 0.25) is 0 Å². The predicted octanol–water partition coefficient (Wildman–Crippen LogP) is 5.30. The Kier molecular flexibility index (Phi) is 4.14. The number of nitrogens with zero attached hydrogens (tertiary/aromatic N) is 1. The van der Waals surface area contributed by atoms with Crippen LogP contribution in [0.5, 0.6) is 0 Å². The molecule has 0 N–H and O–H groups in total. The smallest absolute Gasteiger partial charge is 0.227 e. The van der Waals surface area contributed by atoms with E-state index in [0.29, 0.717) is 22.4 Å². The number of rotatable bonds is 3. The maximum absolute atomic E-state index is 6.00. The Morgan fingerprint density at radius 3 is 2.59 bits per heavy atom. The lowest BCUT2D eigenvalue weighted by atomic mass is 10.0. The molecule has 0 aliphatic carbocycles. The van der Waals surface area contributed by atoms with Gasteiger partial charge < -0.3 is 8.83 Å². The van der Waals surface area contributed by atoms with Crippen LogP contribution in [-0.4, -0.2) is 4.98 Å². The van der Waals surface area contributed by atoms with Crippen LogP contribution in [-0.2, 0) is 0 Å². The first-order valence-electron chi connectivity index (χ1n) is 9.50. The van der Waals surface area contributed by atoms with Gasteiger partial charge in [-0.05, 0) is 42.0 Å². The molecular formula is C26H19NO2. The van der Waals surface area contributed by atoms with Crippen molar-refractivity contribution in [1.82, 2.24) is 4.98 Å². The fourth-order valence-corrected chi connectivity index (χ4v) is 3.52. The number of furan rings is 1. The van der Waals surface area contributed by atoms with Crippen LogP contribution in [0.25, 0.3) is 46.2 Å². The van der Waals surface area contributed by atoms with Gasteiger partial charge in [0.05, 0.1) is 0 Å². The molecule has 0 bridgehead atoms. The maximum atomic E-state index is 6.00. The van der Waals surface area contributed by atoms with Crippen LogP contribution in [0.1, 0.15) is 11.3 Å². The molecule has 5 aromatic rings. The summed E-state index contributed by atoms with van der Waals surface area (Å²) < 4.78 is 11.9. The molecule has 0 aliphatic heterocycles. The Morgan fingerprint density at radius 2 is 1.69 bits per heavy atom. The van der Waals surface area contributed by atoms with E-state index in [-0.39, 0.29) is 0 Å². The van der Waals surface area contributed by atoms with E-state index in [1.54, 1.807) is 0 Å². The molecule has 0 saturated carbocycles. The van der Waals surface area contributed by atoms with E-state index in [2.05, 4.69) is 48.8 Å². The van der Waals surface area contributed by atoms with E-state index in [0.717, 1.165) is 27.7 Å². The summed E-state index contributed by atoms with van der Waals surface area (Å²) in [7, 11) is 0. The van der Waals surface area contributed by atoms with Gasteiger partial charge >= 0.3 is 0 Å². The summed E-state index contributed by atoms with van der Waals surface area (Å²) in [5.74, 6) is 2.09. The van der Waals surface area contributed by atoms with Crippen LogP contribution in [0.4, 0.5) is 0 Å². The van der Waals surface area contributed by atoms with Gasteiger partial charge in [0.2, 0.25) is 5.89 Å². The topological polar surface area (TPSA) is 39.2 Å². The SMILES string of the molecule is C=c1oc(-c2cccc3ccccc23)n/c1=C\c1ccc(-c2cccc(C)c2)o1. The minimum atomic E-state index is 0.515. The predicted molar refractivity (Wildman–Crippen MR) is 117 cm³/mol. The average Bonchev–Trinajstić information content (AvgIpc) is 3.35. The second-order valence-electron chi connectivity index (χ2n) is 7.07. The van der Waals surface area contributed by atoms with E-state index in [9.17, 15) is 0 Å². The van der Waals surface area contributed by atoms with Gasteiger partial charge in [-0.1, -0.05) is 66.7 Å². The Morgan fingerprint density at radius 1 is 0.862 bits per heavy atom. The van der Waals surface area contributed by atoms with E-state index in [1.165, 1.54) is 5.56 Å². The molecule has 2 heterocycles. The maximum Gasteiger partial charge on any atom is 0.227 e. The Bertz CT molecular complexity index is 1430. The summed E-state index contributed by atoms with van der Waals surface area (Å²) in [5.41, 5.74) is 3.71. The summed E-state index contributed by atoms with van der Waals surface area (Å²) in [6.45, 7) is 6.09. The quantitative estimate of drug-likeness (QED) is 0.428. The van der Waals surface area contributed by atoms with Gasteiger partial charge in [-0.2, -0.15) is 0 Å². The van der Waals surface area contributed by atoms with Crippen molar-refractivity contribution < 1.29 is 8.83 Å². The highest BCUT2D eigenvalue weighted by Crippen LogP contribution is 2.26. The first-order chi connectivity index (χ1) is 14.2. The number of benzene rings is 3. The first kappa shape index (κ1) is 17.3. The summed E-state index contributed by atoms with van der Waals surface area (Å²) in [6, 6.07) is 26.4. The molecule has 3 aromatic carbocycles. The van der Waals surface area contributed by atoms with Gasteiger partial charge in [0, 0.05) is 17.2 Å². The largest absolute Gasteiger partial charge is 0.457 e. The van der Waals surface area contributed by atoms with Gasteiger partial charge in [-0.15, -0.1) is 0 Å². The zero-order valence-corrected chi connectivity index (χ0v) is 16.1. The number of hydrogen-bond donors (Lipinski definition) is 0. The number of oxazole rings is 1. The molecule has 3 nitrogen and oxygen atoms in total. The molecule has 140 valence electrons. The van der Waals surface area contributed by atoms with Gasteiger partial charge in [-0.3, -0.25) is 0 Å². The van der Waals surface area contributed by atoms with Gasteiger partial charge in [-0.25, -0.2) is 4.98 Å². The van der Waals surface area contributed by atoms with Crippen molar-refractivity contribution in [1.29, 1.82) is 0 Å². The standard InChI is InChI=1S/C26H19NO2/c1-17-7-5-10-20(15-17)25-14-13-21(29-25)16-24-18(2)28-26(27-24)23-12-6-9-19-8-3-4-11-22(19)23/h3-16H,2H2,1H3/b24-16-. The van der Waals surface area contributed by atoms with E-state index in [4.69, 9.17) is 8.83 Å². The zero-order chi connectivity index (χ0) is 19.8. The van der Waals surface area contributed by atoms with E-state index >= 15 is 0 Å². The van der Waals surface area contributed by atoms with Crippen molar-refractivity contribution in [3.05, 3.63) is 101 Å². The second-order valence-corrected chi connectivity index (χ2v) is 7.07. The van der Waals surface area contributed by atoms with Crippen molar-refractivity contribution in [2.75, 3.05) is 0 Å². The molecule has 0 atom stereocenters. The third kappa shape index (κ3) is 3.27. The second kappa shape index (κ2) is 6.95. The number of fused-ring (bicyclic) bond motifs is 1. The van der Waals surface area contributed by atoms with Gasteiger partial charge in [0.15, 0.2) is 0 Å². The molecular weight excluding hydrogens is 358 g/mol. The molecule has 0 aliphatic rings. The van der Waals surface area contributed by atoms with Crippen LogP contribution >= 0.6 is 0 Å². The minimum Gasteiger partial charge on any atom is -0.457 e. The third-order valence-corrected chi connectivity index (χ3v) is 4.96. The first-order valence-corrected chi connectivity index (χ1v) is 9.50.